The van der Waals surface area contributed by atoms with E-state index in [4.69, 9.17) is 9.97 Å². The zero-order valence-corrected chi connectivity index (χ0v) is 20.3. The van der Waals surface area contributed by atoms with Crippen molar-refractivity contribution < 1.29 is 8.42 Å². The van der Waals surface area contributed by atoms with Crippen molar-refractivity contribution in [2.24, 2.45) is 0 Å². The summed E-state index contributed by atoms with van der Waals surface area (Å²) in [5.41, 5.74) is 3.06. The van der Waals surface area contributed by atoms with Crippen LogP contribution in [0.15, 0.2) is 60.1 Å². The summed E-state index contributed by atoms with van der Waals surface area (Å²) in [7, 11) is -2.89. The summed E-state index contributed by atoms with van der Waals surface area (Å²) in [6.07, 6.45) is 2.51. The van der Waals surface area contributed by atoms with Crippen LogP contribution in [0.1, 0.15) is 6.42 Å². The summed E-state index contributed by atoms with van der Waals surface area (Å²) in [5.74, 6) is 2.17. The van der Waals surface area contributed by atoms with Crippen LogP contribution in [0.5, 0.6) is 0 Å². The molecule has 4 aromatic rings. The molecule has 1 unspecified atom stereocenters. The number of rotatable bonds is 4. The fraction of sp³-hybridized carbons (Fsp3) is 0.320. The maximum atomic E-state index is 12.0. The molecule has 2 aliphatic heterocycles. The molecule has 174 valence electrons. The molecule has 6 rings (SSSR count). The highest BCUT2D eigenvalue weighted by Crippen LogP contribution is 2.39. The van der Waals surface area contributed by atoms with Gasteiger partial charge in [0, 0.05) is 49.4 Å². The van der Waals surface area contributed by atoms with E-state index in [1.807, 2.05) is 24.3 Å². The first kappa shape index (κ1) is 21.6. The monoisotopic (exact) mass is 491 g/mol. The molecule has 0 spiro atoms. The van der Waals surface area contributed by atoms with Crippen molar-refractivity contribution >= 4 is 37.2 Å². The molecule has 3 aromatic heterocycles. The van der Waals surface area contributed by atoms with E-state index in [-0.39, 0.29) is 11.8 Å². The quantitative estimate of drug-likeness (QED) is 0.430. The van der Waals surface area contributed by atoms with Gasteiger partial charge in [-0.05, 0) is 24.1 Å². The number of thiophene rings is 1. The highest BCUT2D eigenvalue weighted by atomic mass is 32.2. The van der Waals surface area contributed by atoms with Gasteiger partial charge in [-0.15, -0.1) is 11.3 Å². The van der Waals surface area contributed by atoms with Gasteiger partial charge in [0.1, 0.15) is 16.3 Å². The van der Waals surface area contributed by atoms with Crippen LogP contribution in [-0.4, -0.2) is 72.0 Å². The second-order valence-corrected chi connectivity index (χ2v) is 11.9. The molecule has 1 atom stereocenters. The fourth-order valence-electron chi connectivity index (χ4n) is 4.95. The van der Waals surface area contributed by atoms with Gasteiger partial charge in [-0.25, -0.2) is 18.4 Å². The van der Waals surface area contributed by atoms with Crippen LogP contribution in [0.3, 0.4) is 0 Å². The van der Waals surface area contributed by atoms with Crippen molar-refractivity contribution in [1.29, 1.82) is 0 Å². The standard InChI is InChI=1S/C25H25N5O2S2/c31-34(32)15-9-19(17-34)29-11-13-30(14-12-29)24-22-20(18-6-2-1-3-7-18)16-33-25(22)28-23(27-24)21-8-4-5-10-26-21/h1-8,10,16,19H,9,11-15,17H2. The van der Waals surface area contributed by atoms with E-state index in [1.165, 1.54) is 0 Å². The molecule has 0 N–H and O–H groups in total. The van der Waals surface area contributed by atoms with Gasteiger partial charge in [-0.3, -0.25) is 9.88 Å². The summed E-state index contributed by atoms with van der Waals surface area (Å²) < 4.78 is 23.9. The molecule has 7 nitrogen and oxygen atoms in total. The van der Waals surface area contributed by atoms with Gasteiger partial charge in [0.2, 0.25) is 0 Å². The van der Waals surface area contributed by atoms with Crippen LogP contribution in [0.4, 0.5) is 5.82 Å². The molecule has 0 saturated carbocycles. The molecule has 0 aliphatic carbocycles. The number of benzene rings is 1. The predicted octanol–water partition coefficient (Wildman–Crippen LogP) is 3.73. The lowest BCUT2D eigenvalue weighted by molar-refractivity contribution is 0.200. The van der Waals surface area contributed by atoms with Crippen molar-refractivity contribution in [3.8, 4) is 22.6 Å². The third-order valence-corrected chi connectivity index (χ3v) is 9.35. The van der Waals surface area contributed by atoms with Crippen LogP contribution in [-0.2, 0) is 9.84 Å². The zero-order valence-electron chi connectivity index (χ0n) is 18.7. The summed E-state index contributed by atoms with van der Waals surface area (Å²) >= 11 is 1.63. The Bertz CT molecular complexity index is 1420. The van der Waals surface area contributed by atoms with Gasteiger partial charge >= 0.3 is 0 Å². The Morgan fingerprint density at radius 1 is 0.941 bits per heavy atom. The summed E-state index contributed by atoms with van der Waals surface area (Å²) in [6, 6.07) is 16.3. The van der Waals surface area contributed by atoms with E-state index in [1.54, 1.807) is 17.5 Å². The number of hydrogen-bond donors (Lipinski definition) is 0. The molecule has 0 radical (unpaired) electrons. The van der Waals surface area contributed by atoms with Crippen LogP contribution < -0.4 is 4.90 Å². The Labute approximate surface area is 203 Å². The Hall–Kier alpha value is -2.88. The number of nitrogens with zero attached hydrogens (tertiary/aromatic N) is 5. The van der Waals surface area contributed by atoms with Gasteiger partial charge in [0.15, 0.2) is 15.7 Å². The maximum Gasteiger partial charge on any atom is 0.181 e. The van der Waals surface area contributed by atoms with Gasteiger partial charge in [0.25, 0.3) is 0 Å². The topological polar surface area (TPSA) is 79.3 Å². The molecule has 34 heavy (non-hydrogen) atoms. The lowest BCUT2D eigenvalue weighted by Crippen LogP contribution is -2.51. The van der Waals surface area contributed by atoms with Gasteiger partial charge in [-0.1, -0.05) is 36.4 Å². The van der Waals surface area contributed by atoms with Gasteiger partial charge in [-0.2, -0.15) is 0 Å². The number of pyridine rings is 1. The lowest BCUT2D eigenvalue weighted by atomic mass is 10.1. The maximum absolute atomic E-state index is 12.0. The van der Waals surface area contributed by atoms with Crippen molar-refractivity contribution in [1.82, 2.24) is 19.9 Å². The van der Waals surface area contributed by atoms with E-state index >= 15 is 0 Å². The van der Waals surface area contributed by atoms with E-state index < -0.39 is 9.84 Å². The van der Waals surface area contributed by atoms with Crippen LogP contribution in [0, 0.1) is 0 Å². The molecule has 2 aliphatic rings. The molecule has 2 fully saturated rings. The van der Waals surface area contributed by atoms with Crippen molar-refractivity contribution in [3.63, 3.8) is 0 Å². The Kier molecular flexibility index (Phi) is 5.55. The minimum Gasteiger partial charge on any atom is -0.353 e. The molecular formula is C25H25N5O2S2. The minimum atomic E-state index is -2.89. The minimum absolute atomic E-state index is 0.141. The van der Waals surface area contributed by atoms with E-state index in [0.29, 0.717) is 11.6 Å². The van der Waals surface area contributed by atoms with E-state index in [0.717, 1.165) is 65.5 Å². The number of anilines is 1. The van der Waals surface area contributed by atoms with E-state index in [2.05, 4.69) is 44.4 Å². The Balaban J connectivity index is 1.38. The Morgan fingerprint density at radius 2 is 1.74 bits per heavy atom. The predicted molar refractivity (Wildman–Crippen MR) is 137 cm³/mol. The number of aromatic nitrogens is 3. The van der Waals surface area contributed by atoms with Crippen molar-refractivity contribution in [2.45, 2.75) is 12.5 Å². The van der Waals surface area contributed by atoms with Crippen LogP contribution in [0.25, 0.3) is 32.9 Å². The molecule has 9 heteroatoms. The van der Waals surface area contributed by atoms with Crippen LogP contribution in [0.2, 0.25) is 0 Å². The average Bonchev–Trinajstić information content (AvgIpc) is 3.47. The lowest BCUT2D eigenvalue weighted by Gasteiger charge is -2.38. The second-order valence-electron chi connectivity index (χ2n) is 8.86. The first-order valence-corrected chi connectivity index (χ1v) is 14.2. The molecule has 0 bridgehead atoms. The van der Waals surface area contributed by atoms with Crippen LogP contribution >= 0.6 is 11.3 Å². The van der Waals surface area contributed by atoms with Gasteiger partial charge in [0.05, 0.1) is 16.9 Å². The summed E-state index contributed by atoms with van der Waals surface area (Å²) in [6.45, 7) is 3.26. The first-order valence-electron chi connectivity index (χ1n) is 11.5. The summed E-state index contributed by atoms with van der Waals surface area (Å²) in [5, 5.41) is 3.24. The molecular weight excluding hydrogens is 466 g/mol. The molecule has 1 aromatic carbocycles. The molecule has 5 heterocycles. The summed E-state index contributed by atoms with van der Waals surface area (Å²) in [4.78, 5) is 20.0. The second kappa shape index (κ2) is 8.72. The smallest absolute Gasteiger partial charge is 0.181 e. The number of piperazine rings is 1. The average molecular weight is 492 g/mol. The normalized spacial score (nSPS) is 20.7. The largest absolute Gasteiger partial charge is 0.353 e. The highest BCUT2D eigenvalue weighted by Gasteiger charge is 2.34. The fourth-order valence-corrected chi connectivity index (χ4v) is 7.66. The highest BCUT2D eigenvalue weighted by molar-refractivity contribution is 7.91. The third kappa shape index (κ3) is 4.08. The number of hydrogen-bond acceptors (Lipinski definition) is 8. The number of sulfone groups is 1. The van der Waals surface area contributed by atoms with Gasteiger partial charge < -0.3 is 4.90 Å². The molecule has 2 saturated heterocycles. The van der Waals surface area contributed by atoms with E-state index in [9.17, 15) is 8.42 Å². The number of fused-ring (bicyclic) bond motifs is 1. The van der Waals surface area contributed by atoms with Crippen molar-refractivity contribution in [2.75, 3.05) is 42.6 Å². The van der Waals surface area contributed by atoms with Crippen molar-refractivity contribution in [3.05, 3.63) is 60.1 Å². The molecule has 0 amide bonds. The Morgan fingerprint density at radius 3 is 2.44 bits per heavy atom. The SMILES string of the molecule is O=S1(=O)CCC(N2CCN(c3nc(-c4ccccn4)nc4scc(-c5ccccc5)c34)CC2)C1. The first-order chi connectivity index (χ1) is 16.6. The third-order valence-electron chi connectivity index (χ3n) is 6.73. The zero-order chi connectivity index (χ0) is 23.1.